The topological polar surface area (TPSA) is 25.4 Å². The van der Waals surface area contributed by atoms with Crippen LogP contribution in [0, 0.1) is 27.1 Å². The fourth-order valence-corrected chi connectivity index (χ4v) is 12.2. The van der Waals surface area contributed by atoms with Gasteiger partial charge < -0.3 is 4.74 Å². The molecule has 5 saturated heterocycles. The molecule has 0 bridgehead atoms. The first-order chi connectivity index (χ1) is 32.7. The molecule has 5 fully saturated rings. The third-order valence-electron chi connectivity index (χ3n) is 16.6. The molecule has 6 nitrogen and oxygen atoms in total. The van der Waals surface area contributed by atoms with Crippen molar-refractivity contribution in [2.45, 2.75) is 349 Å². The van der Waals surface area contributed by atoms with Crippen LogP contribution in [0.15, 0.2) is 0 Å². The van der Waals surface area contributed by atoms with Gasteiger partial charge in [0.15, 0.2) is 0 Å². The van der Waals surface area contributed by atoms with Gasteiger partial charge in [0.1, 0.15) is 17.5 Å². The van der Waals surface area contributed by atoms with Crippen LogP contribution in [-0.4, -0.2) is 152 Å². The first kappa shape index (κ1) is 75.4. The van der Waals surface area contributed by atoms with Crippen LogP contribution in [0.25, 0.3) is 0 Å². The van der Waals surface area contributed by atoms with E-state index in [0.717, 1.165) is 26.2 Å². The van der Waals surface area contributed by atoms with Crippen molar-refractivity contribution in [3.8, 4) is 0 Å². The zero-order valence-corrected chi connectivity index (χ0v) is 55.7. The maximum Gasteiger partial charge on any atom is 0.250 e. The second-order valence-electron chi connectivity index (χ2n) is 34.8. The minimum absolute atomic E-state index is 0. The summed E-state index contributed by atoms with van der Waals surface area (Å²) in [5, 5.41) is 0. The predicted molar refractivity (Wildman–Crippen MR) is 323 cm³/mol. The third kappa shape index (κ3) is 24.1. The fraction of sp³-hybridized carbons (Fsp3) is 1.00. The van der Waals surface area contributed by atoms with Crippen molar-refractivity contribution in [2.75, 3.05) is 45.9 Å². The summed E-state index contributed by atoms with van der Waals surface area (Å²) in [4.78, 5) is 11.8. The number of alkyl halides is 5. The molecule has 8 atom stereocenters. The van der Waals surface area contributed by atoms with E-state index in [2.05, 4.69) is 232 Å². The summed E-state index contributed by atoms with van der Waals surface area (Å²) in [5.74, 6) is -2.49. The number of hydrogen-bond donors (Lipinski definition) is 0. The van der Waals surface area contributed by atoms with Gasteiger partial charge in [-0.25, -0.2) is 22.0 Å². The molecule has 76 heavy (non-hydrogen) atoms. The van der Waals surface area contributed by atoms with Gasteiger partial charge in [0, 0.05) is 103 Å². The zero-order chi connectivity index (χ0) is 59.8. The Labute approximate surface area is 471 Å². The van der Waals surface area contributed by atoms with Crippen LogP contribution in [-0.2, 0) is 4.74 Å². The number of likely N-dealkylation sites (tertiary alicyclic amines) is 4. The van der Waals surface area contributed by atoms with Crippen molar-refractivity contribution in [3.05, 3.63) is 0 Å². The van der Waals surface area contributed by atoms with Gasteiger partial charge in [0.25, 0.3) is 5.92 Å². The van der Waals surface area contributed by atoms with E-state index in [-0.39, 0.29) is 75.7 Å². The van der Waals surface area contributed by atoms with Gasteiger partial charge in [0.05, 0.1) is 13.2 Å². The van der Waals surface area contributed by atoms with Crippen LogP contribution >= 0.6 is 0 Å². The number of ether oxygens (including phenoxy) is 1. The number of halogens is 5. The summed E-state index contributed by atoms with van der Waals surface area (Å²) in [7, 11) is 0. The largest absolute Gasteiger partial charge is 0.378 e. The second kappa shape index (κ2) is 25.9. The first-order valence-electron chi connectivity index (χ1n) is 29.5. The Morgan fingerprint density at radius 1 is 0.395 bits per heavy atom. The molecule has 0 aromatic carbocycles. The summed E-state index contributed by atoms with van der Waals surface area (Å²) in [5.41, 5.74) is -0.886. The monoisotopic (exact) mass is 1090 g/mol. The molecule has 0 N–H and O–H groups in total. The molecule has 5 heterocycles. The van der Waals surface area contributed by atoms with Gasteiger partial charge in [-0.1, -0.05) is 111 Å². The van der Waals surface area contributed by atoms with E-state index in [1.54, 1.807) is 13.8 Å². The molecule has 11 heteroatoms. The standard InChI is InChI=1S/C14H28FN.C13H25F2N.C13H26FN.C12H24FN.C12H25NO.CH4/c1-12(2,3)11-8-9-14(7,15)10-16(11)13(4,5)6;1-11(2,3)10-9-13(14,15)7-8-16(10)12(4,5)6;1-11(2,3)10-8-13(7,14)9-15(10)12(4,5)6;1-11(2,3)10-7-9(13)8-14(10)12(4,5)6;1-11(2,3)10-9-14-8-7-13(10)12(4,5)6;/h11H,8-10H2,1-7H3;10H,7-9H2,1-6H3;10H,8-9H2,1-7H3;9-10H,7-8H2,1-6H3;10H,7-9H2,1-6H3;1H4. The Morgan fingerprint density at radius 3 is 1.07 bits per heavy atom. The Hall–Kier alpha value is -0.590. The minimum atomic E-state index is -2.49. The Morgan fingerprint density at radius 2 is 0.737 bits per heavy atom. The van der Waals surface area contributed by atoms with Crippen molar-refractivity contribution in [1.82, 2.24) is 24.5 Å². The molecule has 5 aliphatic heterocycles. The van der Waals surface area contributed by atoms with E-state index in [1.807, 2.05) is 0 Å². The lowest BCUT2D eigenvalue weighted by molar-refractivity contribution is -0.122. The maximum atomic E-state index is 14.2. The summed E-state index contributed by atoms with van der Waals surface area (Å²) < 4.78 is 74.4. The zero-order valence-electron chi connectivity index (χ0n) is 55.7. The maximum absolute atomic E-state index is 14.2. The van der Waals surface area contributed by atoms with Gasteiger partial charge in [0.2, 0.25) is 0 Å². The lowest BCUT2D eigenvalue weighted by Crippen LogP contribution is -2.60. The number of morpholine rings is 1. The molecule has 0 radical (unpaired) electrons. The molecular formula is C65H132F5N5O. The summed E-state index contributed by atoms with van der Waals surface area (Å²) >= 11 is 0. The fourth-order valence-electron chi connectivity index (χ4n) is 12.2. The van der Waals surface area contributed by atoms with Crippen molar-refractivity contribution in [2.24, 2.45) is 27.1 Å². The molecule has 458 valence electrons. The van der Waals surface area contributed by atoms with Gasteiger partial charge in [-0.15, -0.1) is 0 Å². The summed E-state index contributed by atoms with van der Waals surface area (Å²) in [6.45, 7) is 74.4. The summed E-state index contributed by atoms with van der Waals surface area (Å²) in [6, 6.07) is 1.69. The van der Waals surface area contributed by atoms with Gasteiger partial charge in [-0.3, -0.25) is 24.5 Å². The molecule has 0 aliphatic carbocycles. The molecular weight excluding hydrogens is 962 g/mol. The molecule has 0 saturated carbocycles. The highest BCUT2D eigenvalue weighted by Gasteiger charge is 2.51. The van der Waals surface area contributed by atoms with E-state index in [0.29, 0.717) is 75.0 Å². The van der Waals surface area contributed by atoms with Crippen LogP contribution in [0.3, 0.4) is 0 Å². The van der Waals surface area contributed by atoms with Crippen molar-refractivity contribution in [3.63, 3.8) is 0 Å². The van der Waals surface area contributed by atoms with Crippen molar-refractivity contribution < 1.29 is 26.7 Å². The van der Waals surface area contributed by atoms with Crippen LogP contribution < -0.4 is 0 Å². The average Bonchev–Trinajstić information content (AvgIpc) is 3.73. The number of rotatable bonds is 0. The van der Waals surface area contributed by atoms with E-state index in [1.165, 1.54) is 0 Å². The smallest absolute Gasteiger partial charge is 0.250 e. The molecule has 0 amide bonds. The normalized spacial score (nSPS) is 30.6. The number of hydrogen-bond acceptors (Lipinski definition) is 6. The Kier molecular flexibility index (Phi) is 25.7. The van der Waals surface area contributed by atoms with Crippen molar-refractivity contribution >= 4 is 0 Å². The molecule has 5 rings (SSSR count). The number of nitrogens with zero attached hydrogens (tertiary/aromatic N) is 5. The molecule has 0 spiro atoms. The van der Waals surface area contributed by atoms with Crippen LogP contribution in [0.4, 0.5) is 22.0 Å². The van der Waals surface area contributed by atoms with Gasteiger partial charge >= 0.3 is 0 Å². The SMILES string of the molecule is C.CC(C)(C)C1CC(F)(F)CCN1C(C)(C)C.CC(C)(C)C1CC(F)CN1C(C)(C)C.CC(C)(C)C1COCCN1C(C)(C)C.CC1(F)CC(C(C)(C)C)N(C(C)(C)C)C1.CC1(F)CCC(C(C)(C)C)N(C(C)(C)C)C1. The minimum Gasteiger partial charge on any atom is -0.378 e. The lowest BCUT2D eigenvalue weighted by Gasteiger charge is -2.53. The Bertz CT molecular complexity index is 1540. The quantitative estimate of drug-likeness (QED) is 0.224. The van der Waals surface area contributed by atoms with Crippen LogP contribution in [0.2, 0.25) is 0 Å². The van der Waals surface area contributed by atoms with E-state index in [4.69, 9.17) is 4.74 Å². The highest BCUT2D eigenvalue weighted by molar-refractivity contribution is 5.04. The molecule has 8 unspecified atom stereocenters. The van der Waals surface area contributed by atoms with Gasteiger partial charge in [-0.2, -0.15) is 0 Å². The van der Waals surface area contributed by atoms with Crippen LogP contribution in [0.1, 0.15) is 268 Å². The second-order valence-corrected chi connectivity index (χ2v) is 34.8. The molecule has 0 aromatic heterocycles. The highest BCUT2D eigenvalue weighted by Crippen LogP contribution is 2.45. The lowest BCUT2D eigenvalue weighted by atomic mass is 9.76. The molecule has 0 aromatic rings. The van der Waals surface area contributed by atoms with Gasteiger partial charge in [-0.05, 0) is 170 Å². The third-order valence-corrected chi connectivity index (χ3v) is 16.6. The number of piperidine rings is 2. The predicted octanol–water partition coefficient (Wildman–Crippen LogP) is 18.0. The summed E-state index contributed by atoms with van der Waals surface area (Å²) in [6.07, 6.45) is 2.37. The molecule has 5 aliphatic rings. The Balaban J connectivity index is 0.000000923. The van der Waals surface area contributed by atoms with Crippen LogP contribution in [0.5, 0.6) is 0 Å². The highest BCUT2D eigenvalue weighted by atomic mass is 19.3. The van der Waals surface area contributed by atoms with E-state index in [9.17, 15) is 22.0 Å². The van der Waals surface area contributed by atoms with E-state index < -0.39 is 23.4 Å². The average molecular weight is 1090 g/mol. The first-order valence-corrected chi connectivity index (χ1v) is 29.5. The van der Waals surface area contributed by atoms with Crippen molar-refractivity contribution in [1.29, 1.82) is 0 Å². The van der Waals surface area contributed by atoms with E-state index >= 15 is 0 Å².